The lowest BCUT2D eigenvalue weighted by molar-refractivity contribution is 1.07. The molecule has 3 heterocycles. The number of hydrogen-bond donors (Lipinski definition) is 0. The van der Waals surface area contributed by atoms with Crippen molar-refractivity contribution in [3.8, 4) is 78.7 Å². The molecule has 7 aromatic carbocycles. The van der Waals surface area contributed by atoms with E-state index in [4.69, 9.17) is 15.0 Å². The summed E-state index contributed by atoms with van der Waals surface area (Å²) in [5.74, 6) is 1.85. The Bertz CT molecular complexity index is 2820. The summed E-state index contributed by atoms with van der Waals surface area (Å²) < 4.78 is 0. The largest absolute Gasteiger partial charge is 0.256 e. The molecular weight excluding hydrogens is 683 g/mol. The first kappa shape index (κ1) is 33.0. The van der Waals surface area contributed by atoms with E-state index < -0.39 is 0 Å². The molecule has 0 saturated carbocycles. The normalized spacial score (nSPS) is 11.2. The van der Waals surface area contributed by atoms with Gasteiger partial charge in [-0.3, -0.25) is 9.97 Å². The lowest BCUT2D eigenvalue weighted by Crippen LogP contribution is -2.00. The highest BCUT2D eigenvalue weighted by Gasteiger charge is 2.16. The third-order valence-corrected chi connectivity index (χ3v) is 10.2. The van der Waals surface area contributed by atoms with Gasteiger partial charge in [0.1, 0.15) is 0 Å². The summed E-state index contributed by atoms with van der Waals surface area (Å²) in [6.45, 7) is 0. The molecule has 0 aliphatic rings. The van der Waals surface area contributed by atoms with Gasteiger partial charge in [0.05, 0.1) is 11.0 Å². The van der Waals surface area contributed by atoms with Crippen LogP contribution in [0.1, 0.15) is 0 Å². The van der Waals surface area contributed by atoms with Crippen LogP contribution in [0.2, 0.25) is 0 Å². The zero-order chi connectivity index (χ0) is 37.3. The van der Waals surface area contributed by atoms with Gasteiger partial charge in [-0.2, -0.15) is 0 Å². The number of rotatable bonds is 7. The van der Waals surface area contributed by atoms with E-state index >= 15 is 0 Å². The van der Waals surface area contributed by atoms with E-state index in [0.29, 0.717) is 17.5 Å². The average molecular weight is 716 g/mol. The summed E-state index contributed by atoms with van der Waals surface area (Å²) >= 11 is 0. The molecule has 5 nitrogen and oxygen atoms in total. The van der Waals surface area contributed by atoms with Crippen LogP contribution >= 0.6 is 0 Å². The van der Waals surface area contributed by atoms with E-state index in [0.717, 1.165) is 83.0 Å². The Labute approximate surface area is 324 Å². The third kappa shape index (κ3) is 6.37. The standard InChI is InChI=1S/C51H33N5/c1-3-13-34(14-4-1)49-54-50(35-15-5-2-6-16-35)56-51(55-49)42-32-40(36-17-11-19-38(29-36)43-25-27-52-47-23-9-7-21-45(43)47)31-41(33-42)37-18-12-20-39(30-37)44-26-28-53-48-24-10-8-22-46(44)48/h1-33H. The minimum atomic E-state index is 0.605. The van der Waals surface area contributed by atoms with Crippen molar-refractivity contribution in [3.63, 3.8) is 0 Å². The summed E-state index contributed by atoms with van der Waals surface area (Å²) in [5.41, 5.74) is 13.5. The Kier molecular flexibility index (Phi) is 8.43. The second-order valence-electron chi connectivity index (χ2n) is 13.8. The van der Waals surface area contributed by atoms with Crippen molar-refractivity contribution in [1.29, 1.82) is 0 Å². The Morgan fingerprint density at radius 2 is 0.607 bits per heavy atom. The fourth-order valence-electron chi connectivity index (χ4n) is 7.46. The van der Waals surface area contributed by atoms with Crippen molar-refractivity contribution in [2.24, 2.45) is 0 Å². The van der Waals surface area contributed by atoms with Crippen molar-refractivity contribution in [3.05, 3.63) is 200 Å². The van der Waals surface area contributed by atoms with Gasteiger partial charge in [-0.1, -0.05) is 133 Å². The van der Waals surface area contributed by atoms with Crippen LogP contribution in [0.4, 0.5) is 0 Å². The Hall–Kier alpha value is -7.63. The molecule has 0 N–H and O–H groups in total. The zero-order valence-electron chi connectivity index (χ0n) is 30.3. The van der Waals surface area contributed by atoms with Crippen molar-refractivity contribution < 1.29 is 0 Å². The first-order valence-electron chi connectivity index (χ1n) is 18.7. The molecule has 0 fully saturated rings. The fraction of sp³-hybridized carbons (Fsp3) is 0. The Balaban J connectivity index is 1.18. The van der Waals surface area contributed by atoms with E-state index in [1.807, 2.05) is 85.2 Å². The summed E-state index contributed by atoms with van der Waals surface area (Å²) in [7, 11) is 0. The van der Waals surface area contributed by atoms with Crippen LogP contribution in [-0.4, -0.2) is 24.9 Å². The number of benzene rings is 7. The van der Waals surface area contributed by atoms with Gasteiger partial charge in [0.25, 0.3) is 0 Å². The number of hydrogen-bond acceptors (Lipinski definition) is 5. The van der Waals surface area contributed by atoms with Gasteiger partial charge in [-0.15, -0.1) is 0 Å². The molecular formula is C51H33N5. The molecule has 0 bridgehead atoms. The van der Waals surface area contributed by atoms with E-state index in [2.05, 4.69) is 125 Å². The van der Waals surface area contributed by atoms with Crippen molar-refractivity contribution >= 4 is 21.8 Å². The highest BCUT2D eigenvalue weighted by molar-refractivity contribution is 5.96. The molecule has 262 valence electrons. The van der Waals surface area contributed by atoms with Crippen LogP contribution in [0.5, 0.6) is 0 Å². The number of pyridine rings is 2. The van der Waals surface area contributed by atoms with Crippen LogP contribution in [0, 0.1) is 0 Å². The highest BCUT2D eigenvalue weighted by atomic mass is 15.0. The van der Waals surface area contributed by atoms with Crippen molar-refractivity contribution in [2.45, 2.75) is 0 Å². The first-order valence-corrected chi connectivity index (χ1v) is 18.7. The predicted molar refractivity (Wildman–Crippen MR) is 228 cm³/mol. The minimum Gasteiger partial charge on any atom is -0.256 e. The number of fused-ring (bicyclic) bond motifs is 2. The Morgan fingerprint density at radius 1 is 0.250 bits per heavy atom. The van der Waals surface area contributed by atoms with Gasteiger partial charge in [0.15, 0.2) is 17.5 Å². The molecule has 10 rings (SSSR count). The molecule has 0 radical (unpaired) electrons. The average Bonchev–Trinajstić information content (AvgIpc) is 3.29. The summed E-state index contributed by atoms with van der Waals surface area (Å²) in [6, 6.07) is 65.1. The van der Waals surface area contributed by atoms with Crippen LogP contribution in [0.25, 0.3) is 100 Å². The quantitative estimate of drug-likeness (QED) is 0.164. The molecule has 56 heavy (non-hydrogen) atoms. The third-order valence-electron chi connectivity index (χ3n) is 10.2. The maximum atomic E-state index is 5.13. The lowest BCUT2D eigenvalue weighted by atomic mass is 9.92. The maximum absolute atomic E-state index is 5.13. The second-order valence-corrected chi connectivity index (χ2v) is 13.8. The SMILES string of the molecule is c1ccc(-c2nc(-c3ccccc3)nc(-c3cc(-c4cccc(-c5ccnc6ccccc56)c4)cc(-c4cccc(-c5ccnc6ccccc56)c4)c3)n2)cc1. The molecule has 0 aliphatic heterocycles. The molecule has 0 unspecified atom stereocenters. The monoisotopic (exact) mass is 715 g/mol. The van der Waals surface area contributed by atoms with Gasteiger partial charge in [0, 0.05) is 39.9 Å². The molecule has 3 aromatic heterocycles. The van der Waals surface area contributed by atoms with E-state index in [-0.39, 0.29) is 0 Å². The number of nitrogens with zero attached hydrogens (tertiary/aromatic N) is 5. The smallest absolute Gasteiger partial charge is 0.164 e. The van der Waals surface area contributed by atoms with E-state index in [1.165, 1.54) is 0 Å². The van der Waals surface area contributed by atoms with Crippen LogP contribution in [0.3, 0.4) is 0 Å². The zero-order valence-corrected chi connectivity index (χ0v) is 30.3. The summed E-state index contributed by atoms with van der Waals surface area (Å²) in [5, 5.41) is 2.24. The van der Waals surface area contributed by atoms with Gasteiger partial charge in [-0.05, 0) is 99.1 Å². The van der Waals surface area contributed by atoms with Crippen molar-refractivity contribution in [1.82, 2.24) is 24.9 Å². The van der Waals surface area contributed by atoms with E-state index in [1.54, 1.807) is 0 Å². The fourth-order valence-corrected chi connectivity index (χ4v) is 7.46. The van der Waals surface area contributed by atoms with E-state index in [9.17, 15) is 0 Å². The number of para-hydroxylation sites is 2. The number of aromatic nitrogens is 5. The van der Waals surface area contributed by atoms with Gasteiger partial charge in [0.2, 0.25) is 0 Å². The first-order chi connectivity index (χ1) is 27.7. The van der Waals surface area contributed by atoms with Gasteiger partial charge < -0.3 is 0 Å². The molecule has 5 heteroatoms. The molecule has 0 aliphatic carbocycles. The van der Waals surface area contributed by atoms with Crippen molar-refractivity contribution in [2.75, 3.05) is 0 Å². The molecule has 0 amide bonds. The predicted octanol–water partition coefficient (Wildman–Crippen LogP) is 12.6. The summed E-state index contributed by atoms with van der Waals surface area (Å²) in [6.07, 6.45) is 3.77. The topological polar surface area (TPSA) is 64.5 Å². The van der Waals surface area contributed by atoms with Crippen LogP contribution in [0.15, 0.2) is 200 Å². The lowest BCUT2D eigenvalue weighted by Gasteiger charge is -2.14. The molecule has 0 atom stereocenters. The highest BCUT2D eigenvalue weighted by Crippen LogP contribution is 2.37. The second kappa shape index (κ2) is 14.3. The van der Waals surface area contributed by atoms with Crippen LogP contribution in [-0.2, 0) is 0 Å². The summed E-state index contributed by atoms with van der Waals surface area (Å²) in [4.78, 5) is 24.5. The van der Waals surface area contributed by atoms with Crippen LogP contribution < -0.4 is 0 Å². The van der Waals surface area contributed by atoms with Gasteiger partial charge in [-0.25, -0.2) is 15.0 Å². The molecule has 0 spiro atoms. The molecule has 0 saturated heterocycles. The van der Waals surface area contributed by atoms with Gasteiger partial charge >= 0.3 is 0 Å². The minimum absolute atomic E-state index is 0.605. The maximum Gasteiger partial charge on any atom is 0.164 e. The molecule has 10 aromatic rings. The Morgan fingerprint density at radius 3 is 1.09 bits per heavy atom.